The van der Waals surface area contributed by atoms with Gasteiger partial charge in [-0.1, -0.05) is 20.8 Å². The average Bonchev–Trinajstić information content (AvgIpc) is 2.68. The van der Waals surface area contributed by atoms with Crippen LogP contribution in [0.5, 0.6) is 0 Å². The van der Waals surface area contributed by atoms with E-state index in [4.69, 9.17) is 4.42 Å². The molecule has 2 atom stereocenters. The summed E-state index contributed by atoms with van der Waals surface area (Å²) >= 11 is 0. The fourth-order valence-corrected chi connectivity index (χ4v) is 2.71. The van der Waals surface area contributed by atoms with E-state index < -0.39 is 0 Å². The van der Waals surface area contributed by atoms with Gasteiger partial charge in [0.05, 0.1) is 12.2 Å². The second-order valence-corrected chi connectivity index (χ2v) is 6.00. The van der Waals surface area contributed by atoms with Gasteiger partial charge in [0, 0.05) is 25.2 Å². The summed E-state index contributed by atoms with van der Waals surface area (Å²) in [5.74, 6) is 2.46. The largest absolute Gasteiger partial charge is 0.444 e. The zero-order valence-corrected chi connectivity index (χ0v) is 12.9. The standard InChI is InChI=1S/C15H27N3O/c1-6-13-7-16-14(10(2)3)8-18(13)9-15-17-11(4)12(5)19-15/h10,13-14,16H,6-9H2,1-5H3. The second-order valence-electron chi connectivity index (χ2n) is 6.00. The third-order valence-corrected chi connectivity index (χ3v) is 4.25. The first-order valence-corrected chi connectivity index (χ1v) is 7.41. The third kappa shape index (κ3) is 3.37. The van der Waals surface area contributed by atoms with Crippen molar-refractivity contribution in [3.63, 3.8) is 0 Å². The Labute approximate surface area is 116 Å². The Kier molecular flexibility index (Phi) is 4.63. The van der Waals surface area contributed by atoms with Gasteiger partial charge in [-0.25, -0.2) is 4.98 Å². The van der Waals surface area contributed by atoms with Crippen molar-refractivity contribution in [2.24, 2.45) is 5.92 Å². The number of oxazole rings is 1. The number of nitrogens with one attached hydrogen (secondary N) is 1. The lowest BCUT2D eigenvalue weighted by Gasteiger charge is -2.41. The molecule has 0 aromatic carbocycles. The maximum absolute atomic E-state index is 5.73. The van der Waals surface area contributed by atoms with E-state index in [0.29, 0.717) is 18.0 Å². The molecule has 1 aromatic rings. The fraction of sp³-hybridized carbons (Fsp3) is 0.800. The second kappa shape index (κ2) is 6.06. The van der Waals surface area contributed by atoms with Crippen molar-refractivity contribution in [1.29, 1.82) is 0 Å². The van der Waals surface area contributed by atoms with Crippen molar-refractivity contribution in [3.8, 4) is 0 Å². The highest BCUT2D eigenvalue weighted by Crippen LogP contribution is 2.18. The molecule has 1 aliphatic rings. The summed E-state index contributed by atoms with van der Waals surface area (Å²) in [6, 6.07) is 1.16. The van der Waals surface area contributed by atoms with Crippen LogP contribution in [0.25, 0.3) is 0 Å². The number of hydrogen-bond donors (Lipinski definition) is 1. The van der Waals surface area contributed by atoms with Crippen LogP contribution in [0.3, 0.4) is 0 Å². The van der Waals surface area contributed by atoms with Gasteiger partial charge in [0.25, 0.3) is 0 Å². The summed E-state index contributed by atoms with van der Waals surface area (Å²) in [5, 5.41) is 3.66. The lowest BCUT2D eigenvalue weighted by atomic mass is 9.98. The number of aromatic nitrogens is 1. The van der Waals surface area contributed by atoms with Gasteiger partial charge < -0.3 is 9.73 Å². The zero-order chi connectivity index (χ0) is 14.0. The number of nitrogens with zero attached hydrogens (tertiary/aromatic N) is 2. The average molecular weight is 265 g/mol. The lowest BCUT2D eigenvalue weighted by Crippen LogP contribution is -2.57. The third-order valence-electron chi connectivity index (χ3n) is 4.25. The van der Waals surface area contributed by atoms with Gasteiger partial charge in [0.15, 0.2) is 0 Å². The highest BCUT2D eigenvalue weighted by molar-refractivity contribution is 5.05. The van der Waals surface area contributed by atoms with Gasteiger partial charge in [-0.3, -0.25) is 4.90 Å². The maximum atomic E-state index is 5.73. The molecule has 2 heterocycles. The summed E-state index contributed by atoms with van der Waals surface area (Å²) in [6.07, 6.45) is 1.16. The topological polar surface area (TPSA) is 41.3 Å². The first-order chi connectivity index (χ1) is 9.01. The number of aryl methyl sites for hydroxylation is 2. The van der Waals surface area contributed by atoms with E-state index >= 15 is 0 Å². The normalized spacial score (nSPS) is 25.2. The molecule has 0 spiro atoms. The smallest absolute Gasteiger partial charge is 0.208 e. The van der Waals surface area contributed by atoms with Crippen LogP contribution in [0.15, 0.2) is 4.42 Å². The van der Waals surface area contributed by atoms with Gasteiger partial charge in [-0.2, -0.15) is 0 Å². The van der Waals surface area contributed by atoms with Gasteiger partial charge in [0.2, 0.25) is 5.89 Å². The molecular weight excluding hydrogens is 238 g/mol. The first kappa shape index (κ1) is 14.5. The van der Waals surface area contributed by atoms with E-state index in [0.717, 1.165) is 43.4 Å². The van der Waals surface area contributed by atoms with Gasteiger partial charge in [-0.05, 0) is 26.2 Å². The minimum Gasteiger partial charge on any atom is -0.444 e. The van der Waals surface area contributed by atoms with Crippen LogP contribution in [0.2, 0.25) is 0 Å². The van der Waals surface area contributed by atoms with Crippen LogP contribution in [0.1, 0.15) is 44.5 Å². The summed E-state index contributed by atoms with van der Waals surface area (Å²) in [6.45, 7) is 13.8. The Bertz CT molecular complexity index is 394. The summed E-state index contributed by atoms with van der Waals surface area (Å²) < 4.78 is 5.73. The van der Waals surface area contributed by atoms with E-state index in [-0.39, 0.29) is 0 Å². The van der Waals surface area contributed by atoms with Crippen molar-refractivity contribution in [2.45, 2.75) is 59.7 Å². The quantitative estimate of drug-likeness (QED) is 0.908. The molecule has 1 saturated heterocycles. The Morgan fingerprint density at radius 3 is 2.68 bits per heavy atom. The molecular formula is C15H27N3O. The predicted octanol–water partition coefficient (Wildman–Crippen LogP) is 2.50. The molecule has 2 unspecified atom stereocenters. The highest BCUT2D eigenvalue weighted by atomic mass is 16.4. The highest BCUT2D eigenvalue weighted by Gasteiger charge is 2.29. The first-order valence-electron chi connectivity index (χ1n) is 7.41. The van der Waals surface area contributed by atoms with Crippen molar-refractivity contribution in [1.82, 2.24) is 15.2 Å². The molecule has 1 aliphatic heterocycles. The van der Waals surface area contributed by atoms with Gasteiger partial charge in [0.1, 0.15) is 5.76 Å². The Morgan fingerprint density at radius 1 is 1.42 bits per heavy atom. The number of rotatable bonds is 4. The van der Waals surface area contributed by atoms with E-state index in [1.165, 1.54) is 0 Å². The molecule has 0 amide bonds. The molecule has 1 aromatic heterocycles. The molecule has 108 valence electrons. The monoisotopic (exact) mass is 265 g/mol. The molecule has 0 saturated carbocycles. The molecule has 19 heavy (non-hydrogen) atoms. The number of piperazine rings is 1. The van der Waals surface area contributed by atoms with Gasteiger partial charge in [-0.15, -0.1) is 0 Å². The predicted molar refractivity (Wildman–Crippen MR) is 77.1 cm³/mol. The molecule has 1 fully saturated rings. The summed E-state index contributed by atoms with van der Waals surface area (Å²) in [4.78, 5) is 7.03. The van der Waals surface area contributed by atoms with Crippen LogP contribution in [-0.4, -0.2) is 35.1 Å². The van der Waals surface area contributed by atoms with Crippen molar-refractivity contribution in [2.75, 3.05) is 13.1 Å². The van der Waals surface area contributed by atoms with Crippen LogP contribution < -0.4 is 5.32 Å². The van der Waals surface area contributed by atoms with E-state index in [9.17, 15) is 0 Å². The minimum absolute atomic E-state index is 0.569. The van der Waals surface area contributed by atoms with Crippen LogP contribution in [0, 0.1) is 19.8 Å². The van der Waals surface area contributed by atoms with Crippen molar-refractivity contribution < 1.29 is 4.42 Å². The maximum Gasteiger partial charge on any atom is 0.208 e. The number of hydrogen-bond acceptors (Lipinski definition) is 4. The van der Waals surface area contributed by atoms with Crippen LogP contribution >= 0.6 is 0 Å². The molecule has 2 rings (SSSR count). The van der Waals surface area contributed by atoms with Crippen molar-refractivity contribution >= 4 is 0 Å². The Balaban J connectivity index is 2.05. The van der Waals surface area contributed by atoms with Crippen LogP contribution in [-0.2, 0) is 6.54 Å². The molecule has 1 N–H and O–H groups in total. The molecule has 4 nitrogen and oxygen atoms in total. The fourth-order valence-electron chi connectivity index (χ4n) is 2.71. The molecule has 4 heteroatoms. The summed E-state index contributed by atoms with van der Waals surface area (Å²) in [7, 11) is 0. The molecule has 0 bridgehead atoms. The lowest BCUT2D eigenvalue weighted by molar-refractivity contribution is 0.0938. The van der Waals surface area contributed by atoms with E-state index in [2.05, 4.69) is 36.0 Å². The molecule has 0 aliphatic carbocycles. The SMILES string of the molecule is CCC1CNC(C(C)C)CN1Cc1nc(C)c(C)o1. The van der Waals surface area contributed by atoms with E-state index in [1.807, 2.05) is 13.8 Å². The van der Waals surface area contributed by atoms with Crippen LogP contribution in [0.4, 0.5) is 0 Å². The Hall–Kier alpha value is -0.870. The van der Waals surface area contributed by atoms with Crippen molar-refractivity contribution in [3.05, 3.63) is 17.3 Å². The zero-order valence-electron chi connectivity index (χ0n) is 12.9. The van der Waals surface area contributed by atoms with E-state index in [1.54, 1.807) is 0 Å². The molecule has 0 radical (unpaired) electrons. The Morgan fingerprint density at radius 2 is 2.16 bits per heavy atom. The minimum atomic E-state index is 0.569. The van der Waals surface area contributed by atoms with Gasteiger partial charge >= 0.3 is 0 Å². The summed E-state index contributed by atoms with van der Waals surface area (Å²) in [5.41, 5.74) is 1.01.